The molecule has 88 valence electrons. The summed E-state index contributed by atoms with van der Waals surface area (Å²) in [5, 5.41) is 0. The van der Waals surface area contributed by atoms with Gasteiger partial charge in [-0.1, -0.05) is 5.92 Å². The van der Waals surface area contributed by atoms with Gasteiger partial charge in [-0.05, 0) is 20.3 Å². The van der Waals surface area contributed by atoms with Crippen LogP contribution < -0.4 is 0 Å². The Labute approximate surface area is 91.8 Å². The van der Waals surface area contributed by atoms with Crippen LogP contribution in [0, 0.1) is 12.3 Å². The fraction of sp³-hybridized carbons (Fsp3) is 0.800. The second-order valence-electron chi connectivity index (χ2n) is 2.78. The van der Waals surface area contributed by atoms with Crippen LogP contribution in [-0.2, 0) is 18.3 Å². The number of rotatable bonds is 9. The lowest BCUT2D eigenvalue weighted by Gasteiger charge is -2.16. The van der Waals surface area contributed by atoms with E-state index in [9.17, 15) is 4.57 Å². The molecule has 15 heavy (non-hydrogen) atoms. The van der Waals surface area contributed by atoms with Gasteiger partial charge < -0.3 is 13.8 Å². The van der Waals surface area contributed by atoms with E-state index in [0.29, 0.717) is 32.4 Å². The second kappa shape index (κ2) is 8.94. The third kappa shape index (κ3) is 7.58. The van der Waals surface area contributed by atoms with E-state index < -0.39 is 7.60 Å². The summed E-state index contributed by atoms with van der Waals surface area (Å²) >= 11 is 0. The van der Waals surface area contributed by atoms with Gasteiger partial charge in [-0.15, -0.1) is 6.42 Å². The Morgan fingerprint density at radius 1 is 1.27 bits per heavy atom. The molecule has 0 saturated heterocycles. The molecular weight excluding hydrogens is 215 g/mol. The summed E-state index contributed by atoms with van der Waals surface area (Å²) in [7, 11) is -2.90. The van der Waals surface area contributed by atoms with Crippen molar-refractivity contribution in [3.8, 4) is 12.3 Å². The van der Waals surface area contributed by atoms with Gasteiger partial charge in [-0.3, -0.25) is 4.57 Å². The quantitative estimate of drug-likeness (QED) is 0.349. The molecule has 0 bridgehead atoms. The lowest BCUT2D eigenvalue weighted by atomic mass is 10.5. The molecule has 0 aromatic rings. The molecule has 5 heteroatoms. The molecule has 0 fully saturated rings. The Morgan fingerprint density at radius 3 is 2.33 bits per heavy atom. The highest BCUT2D eigenvalue weighted by Gasteiger charge is 2.22. The largest absolute Gasteiger partial charge is 0.369 e. The van der Waals surface area contributed by atoms with Crippen LogP contribution in [0.25, 0.3) is 0 Å². The van der Waals surface area contributed by atoms with Crippen LogP contribution in [0.5, 0.6) is 0 Å². The predicted octanol–water partition coefficient (Wildman–Crippen LogP) is 2.29. The molecule has 0 spiro atoms. The number of terminal acetylenes is 1. The van der Waals surface area contributed by atoms with Gasteiger partial charge in [0, 0.05) is 6.61 Å². The van der Waals surface area contributed by atoms with Crippen molar-refractivity contribution in [1.29, 1.82) is 0 Å². The van der Waals surface area contributed by atoms with Gasteiger partial charge in [-0.2, -0.15) is 0 Å². The average Bonchev–Trinajstić information content (AvgIpc) is 2.18. The minimum Gasteiger partial charge on any atom is -0.369 e. The van der Waals surface area contributed by atoms with Gasteiger partial charge >= 0.3 is 7.60 Å². The van der Waals surface area contributed by atoms with Gasteiger partial charge in [-0.25, -0.2) is 0 Å². The molecule has 0 atom stereocenters. The topological polar surface area (TPSA) is 44.8 Å². The molecule has 0 aliphatic rings. The zero-order valence-corrected chi connectivity index (χ0v) is 10.3. The monoisotopic (exact) mass is 234 g/mol. The van der Waals surface area contributed by atoms with Crippen LogP contribution in [0.4, 0.5) is 0 Å². The fourth-order valence-electron chi connectivity index (χ4n) is 1.05. The van der Waals surface area contributed by atoms with Crippen molar-refractivity contribution < 1.29 is 18.3 Å². The summed E-state index contributed by atoms with van der Waals surface area (Å²) in [6, 6.07) is 0. The first-order valence-electron chi connectivity index (χ1n) is 5.08. The van der Waals surface area contributed by atoms with Crippen molar-refractivity contribution >= 4 is 7.60 Å². The lowest BCUT2D eigenvalue weighted by molar-refractivity contribution is 0.163. The van der Waals surface area contributed by atoms with Crippen LogP contribution in [0.3, 0.4) is 0 Å². The summed E-state index contributed by atoms with van der Waals surface area (Å²) in [6.45, 7) is 5.13. The van der Waals surface area contributed by atoms with E-state index in [1.54, 1.807) is 13.8 Å². The number of ether oxygens (including phenoxy) is 1. The van der Waals surface area contributed by atoms with Crippen molar-refractivity contribution in [2.24, 2.45) is 0 Å². The number of hydrogen-bond acceptors (Lipinski definition) is 4. The molecule has 0 heterocycles. The Morgan fingerprint density at radius 2 is 1.87 bits per heavy atom. The predicted molar refractivity (Wildman–Crippen MR) is 60.0 cm³/mol. The molecule has 0 aromatic carbocycles. The van der Waals surface area contributed by atoms with Crippen molar-refractivity contribution in [3.05, 3.63) is 0 Å². The molecule has 0 aliphatic carbocycles. The first kappa shape index (κ1) is 14.7. The SMILES string of the molecule is C#CCOCCCP(=O)(OCC)OCC. The first-order chi connectivity index (χ1) is 7.18. The second-order valence-corrected chi connectivity index (χ2v) is 4.97. The Hall–Kier alpha value is -0.330. The minimum atomic E-state index is -2.90. The van der Waals surface area contributed by atoms with E-state index >= 15 is 0 Å². The van der Waals surface area contributed by atoms with E-state index in [0.717, 1.165) is 0 Å². The third-order valence-corrected chi connectivity index (χ3v) is 3.72. The van der Waals surface area contributed by atoms with Gasteiger partial charge in [0.2, 0.25) is 0 Å². The fourth-order valence-corrected chi connectivity index (χ4v) is 2.69. The minimum absolute atomic E-state index is 0.285. The van der Waals surface area contributed by atoms with Crippen LogP contribution in [0.15, 0.2) is 0 Å². The average molecular weight is 234 g/mol. The maximum absolute atomic E-state index is 11.9. The summed E-state index contributed by atoms with van der Waals surface area (Å²) in [5.74, 6) is 2.36. The molecule has 0 radical (unpaired) electrons. The van der Waals surface area contributed by atoms with Gasteiger partial charge in [0.05, 0.1) is 19.4 Å². The standard InChI is InChI=1S/C10H19O4P/c1-4-8-12-9-7-10-15(11,13-5-2)14-6-3/h1H,5-10H2,2-3H3. The Kier molecular flexibility index (Phi) is 8.74. The van der Waals surface area contributed by atoms with E-state index in [1.165, 1.54) is 0 Å². The normalized spacial score (nSPS) is 11.3. The van der Waals surface area contributed by atoms with E-state index in [4.69, 9.17) is 20.2 Å². The highest BCUT2D eigenvalue weighted by atomic mass is 31.2. The van der Waals surface area contributed by atoms with Crippen molar-refractivity contribution in [2.45, 2.75) is 20.3 Å². The molecule has 0 saturated carbocycles. The number of hydrogen-bond donors (Lipinski definition) is 0. The van der Waals surface area contributed by atoms with Gasteiger partial charge in [0.25, 0.3) is 0 Å². The Balaban J connectivity index is 3.76. The van der Waals surface area contributed by atoms with E-state index in [2.05, 4.69) is 5.92 Å². The molecule has 0 rings (SSSR count). The highest BCUT2D eigenvalue weighted by Crippen LogP contribution is 2.48. The molecule has 0 amide bonds. The summed E-state index contributed by atoms with van der Waals surface area (Å²) in [5.41, 5.74) is 0. The third-order valence-electron chi connectivity index (χ3n) is 1.56. The zero-order valence-electron chi connectivity index (χ0n) is 9.40. The molecule has 0 N–H and O–H groups in total. The van der Waals surface area contributed by atoms with Crippen molar-refractivity contribution in [1.82, 2.24) is 0 Å². The summed E-state index contributed by atoms with van der Waals surface area (Å²) in [4.78, 5) is 0. The van der Waals surface area contributed by atoms with Gasteiger partial charge in [0.15, 0.2) is 0 Å². The van der Waals surface area contributed by atoms with Crippen LogP contribution in [0.1, 0.15) is 20.3 Å². The highest BCUT2D eigenvalue weighted by molar-refractivity contribution is 7.53. The van der Waals surface area contributed by atoms with Crippen LogP contribution in [0.2, 0.25) is 0 Å². The van der Waals surface area contributed by atoms with Crippen LogP contribution in [-0.4, -0.2) is 32.6 Å². The summed E-state index contributed by atoms with van der Waals surface area (Å²) in [6.07, 6.45) is 6.01. The van der Waals surface area contributed by atoms with E-state index in [-0.39, 0.29) is 6.61 Å². The Bertz CT molecular complexity index is 224. The molecule has 0 unspecified atom stereocenters. The maximum Gasteiger partial charge on any atom is 0.330 e. The summed E-state index contributed by atoms with van der Waals surface area (Å²) < 4.78 is 27.2. The first-order valence-corrected chi connectivity index (χ1v) is 6.80. The van der Waals surface area contributed by atoms with Gasteiger partial charge in [0.1, 0.15) is 6.61 Å². The zero-order chi connectivity index (χ0) is 11.6. The maximum atomic E-state index is 11.9. The van der Waals surface area contributed by atoms with Crippen molar-refractivity contribution in [3.63, 3.8) is 0 Å². The molecule has 0 aliphatic heterocycles. The van der Waals surface area contributed by atoms with Crippen LogP contribution >= 0.6 is 7.60 Å². The lowest BCUT2D eigenvalue weighted by Crippen LogP contribution is -2.03. The molecule has 4 nitrogen and oxygen atoms in total. The van der Waals surface area contributed by atoms with E-state index in [1.807, 2.05) is 0 Å². The van der Waals surface area contributed by atoms with Crippen molar-refractivity contribution in [2.75, 3.05) is 32.6 Å². The smallest absolute Gasteiger partial charge is 0.330 e. The molecular formula is C10H19O4P. The molecule has 0 aromatic heterocycles.